The topological polar surface area (TPSA) is 106 Å². The van der Waals surface area contributed by atoms with E-state index in [2.05, 4.69) is 31.1 Å². The van der Waals surface area contributed by atoms with E-state index in [1.807, 2.05) is 6.92 Å². The second-order valence-corrected chi connectivity index (χ2v) is 6.66. The molecule has 0 aromatic carbocycles. The lowest BCUT2D eigenvalue weighted by Crippen LogP contribution is -2.27. The summed E-state index contributed by atoms with van der Waals surface area (Å²) in [6, 6.07) is 1.44. The third kappa shape index (κ3) is 5.33. The van der Waals surface area contributed by atoms with Gasteiger partial charge in [-0.05, 0) is 34.8 Å². The van der Waals surface area contributed by atoms with E-state index in [0.717, 1.165) is 6.42 Å². The van der Waals surface area contributed by atoms with Crippen LogP contribution in [0.4, 0.5) is 5.82 Å². The number of nitrogens with two attached hydrogens (primary N) is 1. The molecule has 0 aliphatic carbocycles. The number of nitrogens with zero attached hydrogens (tertiary/aromatic N) is 1. The molecule has 0 atom stereocenters. The molecule has 0 spiro atoms. The van der Waals surface area contributed by atoms with Crippen molar-refractivity contribution in [2.45, 2.75) is 24.7 Å². The molecular formula is C11H19BrN4O3S. The van der Waals surface area contributed by atoms with Crippen LogP contribution in [0.25, 0.3) is 0 Å². The number of anilines is 1. The van der Waals surface area contributed by atoms with Crippen LogP contribution in [0.1, 0.15) is 19.8 Å². The van der Waals surface area contributed by atoms with E-state index in [1.165, 1.54) is 12.3 Å². The minimum Gasteiger partial charge on any atom is -0.381 e. The molecule has 0 amide bonds. The Hall–Kier alpha value is -0.740. The van der Waals surface area contributed by atoms with Gasteiger partial charge in [0.15, 0.2) is 5.82 Å². The number of hydrogen-bond donors (Lipinski definition) is 3. The molecule has 1 aromatic rings. The fourth-order valence-corrected chi connectivity index (χ4v) is 3.14. The van der Waals surface area contributed by atoms with Gasteiger partial charge in [-0.1, -0.05) is 6.92 Å². The molecule has 1 rings (SSSR count). The Kier molecular flexibility index (Phi) is 7.38. The second-order valence-electron chi connectivity index (χ2n) is 4.01. The SMILES string of the molecule is CCCOCCCNS(=O)(=O)c1cc(Br)cnc1NN. The Labute approximate surface area is 127 Å². The van der Waals surface area contributed by atoms with Gasteiger partial charge in [0, 0.05) is 30.4 Å². The highest BCUT2D eigenvalue weighted by Gasteiger charge is 2.19. The molecule has 0 saturated heterocycles. The lowest BCUT2D eigenvalue weighted by atomic mass is 10.4. The van der Waals surface area contributed by atoms with E-state index >= 15 is 0 Å². The Bertz CT molecular complexity index is 524. The van der Waals surface area contributed by atoms with Crippen LogP contribution in [0, 0.1) is 0 Å². The number of hydrazine groups is 1. The summed E-state index contributed by atoms with van der Waals surface area (Å²) in [5, 5.41) is 0. The highest BCUT2D eigenvalue weighted by Crippen LogP contribution is 2.21. The van der Waals surface area contributed by atoms with Crippen LogP contribution in [-0.4, -0.2) is 33.2 Å². The van der Waals surface area contributed by atoms with E-state index in [4.69, 9.17) is 10.6 Å². The molecule has 114 valence electrons. The van der Waals surface area contributed by atoms with Gasteiger partial charge in [0.25, 0.3) is 0 Å². The molecule has 0 bridgehead atoms. The smallest absolute Gasteiger partial charge is 0.244 e. The van der Waals surface area contributed by atoms with Crippen LogP contribution in [0.2, 0.25) is 0 Å². The first-order chi connectivity index (χ1) is 9.51. The lowest BCUT2D eigenvalue weighted by molar-refractivity contribution is 0.133. The molecule has 1 heterocycles. The van der Waals surface area contributed by atoms with Gasteiger partial charge in [0.2, 0.25) is 10.0 Å². The third-order valence-electron chi connectivity index (χ3n) is 2.35. The molecule has 0 radical (unpaired) electrons. The fourth-order valence-electron chi connectivity index (χ4n) is 1.44. The lowest BCUT2D eigenvalue weighted by Gasteiger charge is -2.10. The Morgan fingerprint density at radius 3 is 2.85 bits per heavy atom. The molecule has 0 aliphatic heterocycles. The van der Waals surface area contributed by atoms with Crippen molar-refractivity contribution in [2.75, 3.05) is 25.2 Å². The van der Waals surface area contributed by atoms with Crippen LogP contribution in [-0.2, 0) is 14.8 Å². The molecule has 0 saturated carbocycles. The van der Waals surface area contributed by atoms with Crippen LogP contribution in [0.5, 0.6) is 0 Å². The zero-order valence-electron chi connectivity index (χ0n) is 11.2. The van der Waals surface area contributed by atoms with Crippen molar-refractivity contribution < 1.29 is 13.2 Å². The first-order valence-electron chi connectivity index (χ1n) is 6.21. The maximum atomic E-state index is 12.1. The highest BCUT2D eigenvalue weighted by atomic mass is 79.9. The molecule has 1 aromatic heterocycles. The predicted molar refractivity (Wildman–Crippen MR) is 80.7 cm³/mol. The fraction of sp³-hybridized carbons (Fsp3) is 0.545. The van der Waals surface area contributed by atoms with E-state index in [1.54, 1.807) is 0 Å². The zero-order valence-corrected chi connectivity index (χ0v) is 13.6. The van der Waals surface area contributed by atoms with Gasteiger partial charge in [0.05, 0.1) is 0 Å². The van der Waals surface area contributed by atoms with Crippen LogP contribution < -0.4 is 16.0 Å². The Morgan fingerprint density at radius 2 is 2.20 bits per heavy atom. The van der Waals surface area contributed by atoms with Gasteiger partial charge in [-0.15, -0.1) is 0 Å². The molecule has 0 unspecified atom stereocenters. The van der Waals surface area contributed by atoms with Crippen molar-refractivity contribution in [1.82, 2.24) is 9.71 Å². The van der Waals surface area contributed by atoms with Crippen molar-refractivity contribution in [3.8, 4) is 0 Å². The highest BCUT2D eigenvalue weighted by molar-refractivity contribution is 9.10. The van der Waals surface area contributed by atoms with Gasteiger partial charge in [-0.3, -0.25) is 0 Å². The number of hydrogen-bond acceptors (Lipinski definition) is 6. The molecule has 4 N–H and O–H groups in total. The number of halogens is 1. The Balaban J connectivity index is 2.62. The minimum absolute atomic E-state index is 0.00357. The number of nitrogen functional groups attached to an aromatic ring is 1. The number of aromatic nitrogens is 1. The molecule has 9 heteroatoms. The Morgan fingerprint density at radius 1 is 1.45 bits per heavy atom. The molecule has 20 heavy (non-hydrogen) atoms. The first-order valence-corrected chi connectivity index (χ1v) is 8.48. The number of pyridine rings is 1. The standard InChI is InChI=1S/C11H19BrN4O3S/c1-2-5-19-6-3-4-15-20(17,18)10-7-9(12)8-14-11(10)16-13/h7-8,15H,2-6,13H2,1H3,(H,14,16). The quantitative estimate of drug-likeness (QED) is 0.344. The van der Waals surface area contributed by atoms with Crippen LogP contribution in [0.3, 0.4) is 0 Å². The third-order valence-corrected chi connectivity index (χ3v) is 4.26. The van der Waals surface area contributed by atoms with Crippen LogP contribution in [0.15, 0.2) is 21.6 Å². The molecule has 0 fully saturated rings. The summed E-state index contributed by atoms with van der Waals surface area (Å²) >= 11 is 3.18. The van der Waals surface area contributed by atoms with Crippen molar-refractivity contribution in [3.05, 3.63) is 16.7 Å². The molecular weight excluding hydrogens is 348 g/mol. The largest absolute Gasteiger partial charge is 0.381 e. The van der Waals surface area contributed by atoms with Gasteiger partial charge in [-0.2, -0.15) is 0 Å². The van der Waals surface area contributed by atoms with Gasteiger partial charge >= 0.3 is 0 Å². The van der Waals surface area contributed by atoms with Gasteiger partial charge in [-0.25, -0.2) is 24.0 Å². The van der Waals surface area contributed by atoms with Crippen molar-refractivity contribution in [1.29, 1.82) is 0 Å². The molecule has 0 aliphatic rings. The van der Waals surface area contributed by atoms with Crippen LogP contribution >= 0.6 is 15.9 Å². The maximum Gasteiger partial charge on any atom is 0.244 e. The zero-order chi connectivity index (χ0) is 15.0. The van der Waals surface area contributed by atoms with E-state index in [9.17, 15) is 8.42 Å². The van der Waals surface area contributed by atoms with E-state index in [-0.39, 0.29) is 10.7 Å². The summed E-state index contributed by atoms with van der Waals surface area (Å²) in [6.45, 7) is 3.52. The summed E-state index contributed by atoms with van der Waals surface area (Å²) in [7, 11) is -3.66. The van der Waals surface area contributed by atoms with Crippen molar-refractivity contribution in [3.63, 3.8) is 0 Å². The first kappa shape index (κ1) is 17.3. The van der Waals surface area contributed by atoms with Crippen molar-refractivity contribution in [2.24, 2.45) is 5.84 Å². The molecule has 7 nitrogen and oxygen atoms in total. The normalized spacial score (nSPS) is 11.6. The number of nitrogens with one attached hydrogen (secondary N) is 2. The van der Waals surface area contributed by atoms with E-state index < -0.39 is 10.0 Å². The minimum atomic E-state index is -3.66. The van der Waals surface area contributed by atoms with Gasteiger partial charge < -0.3 is 10.2 Å². The second kappa shape index (κ2) is 8.53. The number of ether oxygens (including phenoxy) is 1. The van der Waals surface area contributed by atoms with Gasteiger partial charge in [0.1, 0.15) is 4.90 Å². The average Bonchev–Trinajstić information content (AvgIpc) is 2.42. The summed E-state index contributed by atoms with van der Waals surface area (Å²) in [6.07, 6.45) is 3.01. The predicted octanol–water partition coefficient (Wildman–Crippen LogP) is 1.22. The summed E-state index contributed by atoms with van der Waals surface area (Å²) < 4.78 is 32.6. The summed E-state index contributed by atoms with van der Waals surface area (Å²) in [4.78, 5) is 3.91. The van der Waals surface area contributed by atoms with E-state index in [0.29, 0.717) is 30.7 Å². The number of sulfonamides is 1. The average molecular weight is 367 g/mol. The van der Waals surface area contributed by atoms with Crippen molar-refractivity contribution >= 4 is 31.8 Å². The number of rotatable bonds is 9. The maximum absolute atomic E-state index is 12.1. The summed E-state index contributed by atoms with van der Waals surface area (Å²) in [5.41, 5.74) is 2.27. The monoisotopic (exact) mass is 366 g/mol. The summed E-state index contributed by atoms with van der Waals surface area (Å²) in [5.74, 6) is 5.37.